The molecule has 0 radical (unpaired) electrons. The van der Waals surface area contributed by atoms with Crippen molar-refractivity contribution in [2.24, 2.45) is 0 Å². The van der Waals surface area contributed by atoms with Crippen LogP contribution in [0.5, 0.6) is 5.75 Å². The molecule has 1 fully saturated rings. The van der Waals surface area contributed by atoms with Gasteiger partial charge in [0.25, 0.3) is 0 Å². The molecule has 1 aromatic carbocycles. The molecule has 98 valence electrons. The molecule has 0 heterocycles. The van der Waals surface area contributed by atoms with Gasteiger partial charge in [-0.3, -0.25) is 0 Å². The van der Waals surface area contributed by atoms with Gasteiger partial charge in [-0.1, -0.05) is 18.9 Å². The first-order chi connectivity index (χ1) is 8.66. The number of ether oxygens (including phenoxy) is 1. The predicted molar refractivity (Wildman–Crippen MR) is 68.3 cm³/mol. The summed E-state index contributed by atoms with van der Waals surface area (Å²) in [4.78, 5) is 0. The summed E-state index contributed by atoms with van der Waals surface area (Å²) in [7, 11) is -1.78. The monoisotopic (exact) mass is 252 g/mol. The molecule has 0 saturated heterocycles. The first kappa shape index (κ1) is 13.4. The van der Waals surface area contributed by atoms with Crippen LogP contribution in [0, 0.1) is 5.82 Å². The highest BCUT2D eigenvalue weighted by Crippen LogP contribution is 2.22. The van der Waals surface area contributed by atoms with Gasteiger partial charge in [0.15, 0.2) is 0 Å². The maximum Gasteiger partial charge on any atom is 0.491 e. The van der Waals surface area contributed by atoms with Crippen molar-refractivity contribution in [1.29, 1.82) is 0 Å². The molecule has 3 nitrogen and oxygen atoms in total. The zero-order valence-electron chi connectivity index (χ0n) is 10.3. The maximum atomic E-state index is 13.5. The summed E-state index contributed by atoms with van der Waals surface area (Å²) in [6.07, 6.45) is 6.95. The SMILES string of the molecule is OB(O)c1ccc(OC2CCCCCC2)cc1F. The highest BCUT2D eigenvalue weighted by atomic mass is 19.1. The summed E-state index contributed by atoms with van der Waals surface area (Å²) in [6.45, 7) is 0. The van der Waals surface area contributed by atoms with Crippen LogP contribution in [-0.2, 0) is 0 Å². The van der Waals surface area contributed by atoms with Gasteiger partial charge in [0.2, 0.25) is 0 Å². The van der Waals surface area contributed by atoms with E-state index in [1.165, 1.54) is 25.0 Å². The van der Waals surface area contributed by atoms with Crippen LogP contribution in [-0.4, -0.2) is 23.3 Å². The summed E-state index contributed by atoms with van der Waals surface area (Å²) in [6, 6.07) is 4.16. The molecule has 2 N–H and O–H groups in total. The second-order valence-electron chi connectivity index (χ2n) is 4.79. The van der Waals surface area contributed by atoms with E-state index in [0.29, 0.717) is 5.75 Å². The van der Waals surface area contributed by atoms with E-state index < -0.39 is 12.9 Å². The van der Waals surface area contributed by atoms with Crippen LogP contribution in [0.4, 0.5) is 4.39 Å². The standard InChI is InChI=1S/C13H18BFO3/c15-13-9-11(7-8-12(13)14(16)17)18-10-5-3-1-2-4-6-10/h7-10,16-17H,1-6H2. The lowest BCUT2D eigenvalue weighted by atomic mass is 9.80. The van der Waals surface area contributed by atoms with Crippen LogP contribution >= 0.6 is 0 Å². The van der Waals surface area contributed by atoms with E-state index in [-0.39, 0.29) is 11.6 Å². The van der Waals surface area contributed by atoms with E-state index in [0.717, 1.165) is 25.7 Å². The van der Waals surface area contributed by atoms with E-state index in [4.69, 9.17) is 14.8 Å². The maximum absolute atomic E-state index is 13.5. The third-order valence-corrected chi connectivity index (χ3v) is 3.36. The van der Waals surface area contributed by atoms with Gasteiger partial charge in [-0.05, 0) is 31.7 Å². The second-order valence-corrected chi connectivity index (χ2v) is 4.79. The molecule has 0 bridgehead atoms. The molecule has 2 rings (SSSR count). The lowest BCUT2D eigenvalue weighted by Gasteiger charge is -2.17. The normalized spacial score (nSPS) is 17.3. The van der Waals surface area contributed by atoms with Crippen LogP contribution in [0.2, 0.25) is 0 Å². The summed E-state index contributed by atoms with van der Waals surface area (Å²) in [5.41, 5.74) is -0.122. The topological polar surface area (TPSA) is 49.7 Å². The molecule has 1 aromatic rings. The minimum absolute atomic E-state index is 0.122. The first-order valence-corrected chi connectivity index (χ1v) is 6.49. The molecule has 0 aromatic heterocycles. The fraction of sp³-hybridized carbons (Fsp3) is 0.538. The molecular formula is C13H18BFO3. The Hall–Kier alpha value is -1.07. The van der Waals surface area contributed by atoms with Crippen LogP contribution in [0.1, 0.15) is 38.5 Å². The summed E-state index contributed by atoms with van der Waals surface area (Å²) in [5, 5.41) is 17.9. The van der Waals surface area contributed by atoms with Crippen molar-refractivity contribution >= 4 is 12.6 Å². The van der Waals surface area contributed by atoms with Crippen molar-refractivity contribution in [3.05, 3.63) is 24.0 Å². The number of benzene rings is 1. The molecule has 0 amide bonds. The molecular weight excluding hydrogens is 234 g/mol. The van der Waals surface area contributed by atoms with E-state index >= 15 is 0 Å². The minimum Gasteiger partial charge on any atom is -0.490 e. The van der Waals surface area contributed by atoms with Gasteiger partial charge in [0.1, 0.15) is 11.6 Å². The Morgan fingerprint density at radius 1 is 1.11 bits per heavy atom. The fourth-order valence-electron chi connectivity index (χ4n) is 2.34. The zero-order valence-corrected chi connectivity index (χ0v) is 10.3. The van der Waals surface area contributed by atoms with Gasteiger partial charge >= 0.3 is 7.12 Å². The smallest absolute Gasteiger partial charge is 0.490 e. The second kappa shape index (κ2) is 6.20. The molecule has 1 aliphatic rings. The van der Waals surface area contributed by atoms with Gasteiger partial charge in [0, 0.05) is 11.5 Å². The van der Waals surface area contributed by atoms with Gasteiger partial charge < -0.3 is 14.8 Å². The highest BCUT2D eigenvalue weighted by Gasteiger charge is 2.18. The number of rotatable bonds is 3. The van der Waals surface area contributed by atoms with Gasteiger partial charge in [-0.15, -0.1) is 0 Å². The van der Waals surface area contributed by atoms with Crippen LogP contribution in [0.3, 0.4) is 0 Å². The van der Waals surface area contributed by atoms with Crippen LogP contribution in [0.25, 0.3) is 0 Å². The first-order valence-electron chi connectivity index (χ1n) is 6.49. The third-order valence-electron chi connectivity index (χ3n) is 3.36. The van der Waals surface area contributed by atoms with Crippen molar-refractivity contribution < 1.29 is 19.2 Å². The Labute approximate surface area is 107 Å². The van der Waals surface area contributed by atoms with Gasteiger partial charge in [-0.25, -0.2) is 4.39 Å². The Bertz CT molecular complexity index is 390. The molecule has 0 atom stereocenters. The Morgan fingerprint density at radius 3 is 2.33 bits per heavy atom. The average molecular weight is 252 g/mol. The Morgan fingerprint density at radius 2 is 1.78 bits per heavy atom. The largest absolute Gasteiger partial charge is 0.491 e. The van der Waals surface area contributed by atoms with E-state index in [9.17, 15) is 4.39 Å². The molecule has 1 saturated carbocycles. The number of halogens is 1. The van der Waals surface area contributed by atoms with Crippen LogP contribution < -0.4 is 10.2 Å². The minimum atomic E-state index is -1.78. The van der Waals surface area contributed by atoms with E-state index in [1.807, 2.05) is 0 Å². The molecule has 18 heavy (non-hydrogen) atoms. The fourth-order valence-corrected chi connectivity index (χ4v) is 2.34. The van der Waals surface area contributed by atoms with Crippen molar-refractivity contribution in [2.45, 2.75) is 44.6 Å². The summed E-state index contributed by atoms with van der Waals surface area (Å²) in [5.74, 6) is -0.181. The van der Waals surface area contributed by atoms with Crippen molar-refractivity contribution in [3.63, 3.8) is 0 Å². The lowest BCUT2D eigenvalue weighted by molar-refractivity contribution is 0.183. The lowest BCUT2D eigenvalue weighted by Crippen LogP contribution is -2.32. The number of hydrogen-bond acceptors (Lipinski definition) is 3. The quantitative estimate of drug-likeness (QED) is 0.634. The van der Waals surface area contributed by atoms with E-state index in [2.05, 4.69) is 0 Å². The number of hydrogen-bond donors (Lipinski definition) is 2. The molecule has 0 spiro atoms. The molecule has 1 aliphatic carbocycles. The molecule has 0 unspecified atom stereocenters. The summed E-state index contributed by atoms with van der Waals surface area (Å²) < 4.78 is 19.3. The van der Waals surface area contributed by atoms with Crippen molar-refractivity contribution in [2.75, 3.05) is 0 Å². The Kier molecular flexibility index (Phi) is 4.61. The van der Waals surface area contributed by atoms with Crippen molar-refractivity contribution in [1.82, 2.24) is 0 Å². The molecule has 0 aliphatic heterocycles. The van der Waals surface area contributed by atoms with Gasteiger partial charge in [-0.2, -0.15) is 0 Å². The van der Waals surface area contributed by atoms with E-state index in [1.54, 1.807) is 6.07 Å². The Balaban J connectivity index is 2.02. The molecule has 5 heteroatoms. The highest BCUT2D eigenvalue weighted by molar-refractivity contribution is 6.58. The summed E-state index contributed by atoms with van der Waals surface area (Å²) >= 11 is 0. The van der Waals surface area contributed by atoms with Gasteiger partial charge in [0.05, 0.1) is 6.10 Å². The predicted octanol–water partition coefficient (Wildman–Crippen LogP) is 1.61. The van der Waals surface area contributed by atoms with Crippen molar-refractivity contribution in [3.8, 4) is 5.75 Å². The zero-order chi connectivity index (χ0) is 13.0. The average Bonchev–Trinajstić information content (AvgIpc) is 2.57. The van der Waals surface area contributed by atoms with Crippen LogP contribution in [0.15, 0.2) is 18.2 Å². The third kappa shape index (κ3) is 3.46.